The molecular formula is C12H22N2O2. The molecule has 1 saturated heterocycles. The van der Waals surface area contributed by atoms with Crippen LogP contribution in [0.5, 0.6) is 0 Å². The van der Waals surface area contributed by atoms with Gasteiger partial charge < -0.3 is 10.2 Å². The highest BCUT2D eigenvalue weighted by Crippen LogP contribution is 2.13. The molecule has 2 amide bonds. The normalized spacial score (nSPS) is 17.6. The maximum absolute atomic E-state index is 11.7. The molecule has 1 rings (SSSR count). The van der Waals surface area contributed by atoms with Gasteiger partial charge in [0.2, 0.25) is 11.8 Å². The molecule has 0 bridgehead atoms. The number of amides is 2. The van der Waals surface area contributed by atoms with Gasteiger partial charge in [0.05, 0.1) is 0 Å². The first-order valence-corrected chi connectivity index (χ1v) is 6.12. The van der Waals surface area contributed by atoms with E-state index in [1.165, 1.54) is 0 Å². The summed E-state index contributed by atoms with van der Waals surface area (Å²) in [5, 5.41) is 2.98. The Kier molecular flexibility index (Phi) is 4.77. The van der Waals surface area contributed by atoms with Crippen molar-refractivity contribution in [2.24, 2.45) is 5.92 Å². The number of rotatable bonds is 3. The number of piperidine rings is 1. The Balaban J connectivity index is 2.34. The fraction of sp³-hybridized carbons (Fsp3) is 0.833. The van der Waals surface area contributed by atoms with E-state index in [9.17, 15) is 9.59 Å². The molecule has 1 fully saturated rings. The van der Waals surface area contributed by atoms with Crippen LogP contribution in [0.1, 0.15) is 40.0 Å². The zero-order chi connectivity index (χ0) is 12.1. The van der Waals surface area contributed by atoms with E-state index in [-0.39, 0.29) is 23.8 Å². The van der Waals surface area contributed by atoms with E-state index in [0.717, 1.165) is 25.9 Å². The van der Waals surface area contributed by atoms with Gasteiger partial charge in [0, 0.05) is 31.5 Å². The van der Waals surface area contributed by atoms with Crippen LogP contribution in [-0.2, 0) is 9.59 Å². The predicted molar refractivity (Wildman–Crippen MR) is 62.9 cm³/mol. The molecule has 0 saturated carbocycles. The number of hydrogen-bond acceptors (Lipinski definition) is 2. The molecule has 1 heterocycles. The molecule has 0 radical (unpaired) electrons. The zero-order valence-electron chi connectivity index (χ0n) is 10.5. The lowest BCUT2D eigenvalue weighted by molar-refractivity contribution is -0.135. The van der Waals surface area contributed by atoms with E-state index >= 15 is 0 Å². The molecule has 0 unspecified atom stereocenters. The molecule has 92 valence electrons. The third-order valence-electron chi connectivity index (χ3n) is 2.99. The van der Waals surface area contributed by atoms with Gasteiger partial charge in [-0.25, -0.2) is 0 Å². The van der Waals surface area contributed by atoms with Gasteiger partial charge in [-0.05, 0) is 12.8 Å². The molecule has 4 nitrogen and oxygen atoms in total. The second kappa shape index (κ2) is 5.87. The van der Waals surface area contributed by atoms with E-state index < -0.39 is 0 Å². The third kappa shape index (κ3) is 3.51. The molecule has 0 aromatic rings. The minimum absolute atomic E-state index is 0.0711. The number of nitrogens with one attached hydrogen (secondary N) is 1. The van der Waals surface area contributed by atoms with Crippen LogP contribution in [0.15, 0.2) is 0 Å². The van der Waals surface area contributed by atoms with Gasteiger partial charge in [0.15, 0.2) is 0 Å². The van der Waals surface area contributed by atoms with Crippen LogP contribution >= 0.6 is 0 Å². The third-order valence-corrected chi connectivity index (χ3v) is 2.99. The van der Waals surface area contributed by atoms with Crippen LogP contribution in [0, 0.1) is 5.92 Å². The van der Waals surface area contributed by atoms with Crippen LogP contribution in [0.3, 0.4) is 0 Å². The molecule has 1 N–H and O–H groups in total. The molecule has 0 aromatic carbocycles. The van der Waals surface area contributed by atoms with Crippen molar-refractivity contribution >= 4 is 11.8 Å². The first kappa shape index (κ1) is 13.0. The van der Waals surface area contributed by atoms with Gasteiger partial charge in [-0.15, -0.1) is 0 Å². The number of hydrogen-bond donors (Lipinski definition) is 1. The second-order valence-corrected chi connectivity index (χ2v) is 4.68. The number of carbonyl (C=O) groups is 2. The Bertz CT molecular complexity index is 256. The van der Waals surface area contributed by atoms with Crippen molar-refractivity contribution in [2.75, 3.05) is 13.1 Å². The van der Waals surface area contributed by atoms with Gasteiger partial charge in [0.25, 0.3) is 0 Å². The molecule has 4 heteroatoms. The predicted octanol–water partition coefficient (Wildman–Crippen LogP) is 1.16. The summed E-state index contributed by atoms with van der Waals surface area (Å²) in [7, 11) is 0. The lowest BCUT2D eigenvalue weighted by atomic mass is 10.0. The SMILES string of the molecule is CCC(=O)NC1CCN(C(=O)C(C)C)CC1. The number of carbonyl (C=O) groups excluding carboxylic acids is 2. The fourth-order valence-electron chi connectivity index (χ4n) is 1.94. The summed E-state index contributed by atoms with van der Waals surface area (Å²) in [6.07, 6.45) is 2.29. The molecule has 0 aromatic heterocycles. The van der Waals surface area contributed by atoms with Crippen molar-refractivity contribution in [3.05, 3.63) is 0 Å². The Morgan fingerprint density at radius 3 is 2.31 bits per heavy atom. The van der Waals surface area contributed by atoms with E-state index in [1.54, 1.807) is 0 Å². The number of likely N-dealkylation sites (tertiary alicyclic amines) is 1. The highest BCUT2D eigenvalue weighted by Gasteiger charge is 2.24. The average Bonchev–Trinajstić information content (AvgIpc) is 2.28. The van der Waals surface area contributed by atoms with Crippen molar-refractivity contribution in [1.82, 2.24) is 10.2 Å². The minimum atomic E-state index is 0.0711. The summed E-state index contributed by atoms with van der Waals surface area (Å²) < 4.78 is 0. The van der Waals surface area contributed by atoms with Crippen molar-refractivity contribution in [3.63, 3.8) is 0 Å². The zero-order valence-corrected chi connectivity index (χ0v) is 10.5. The van der Waals surface area contributed by atoms with E-state index in [1.807, 2.05) is 25.7 Å². The van der Waals surface area contributed by atoms with Gasteiger partial charge in [0.1, 0.15) is 0 Å². The molecule has 16 heavy (non-hydrogen) atoms. The first-order chi connectivity index (χ1) is 7.54. The highest BCUT2D eigenvalue weighted by molar-refractivity contribution is 5.78. The van der Waals surface area contributed by atoms with Crippen LogP contribution in [0.4, 0.5) is 0 Å². The largest absolute Gasteiger partial charge is 0.353 e. The van der Waals surface area contributed by atoms with Crippen LogP contribution < -0.4 is 5.32 Å². The van der Waals surface area contributed by atoms with Gasteiger partial charge in [-0.3, -0.25) is 9.59 Å². The Morgan fingerprint density at radius 2 is 1.88 bits per heavy atom. The van der Waals surface area contributed by atoms with E-state index in [0.29, 0.717) is 6.42 Å². The van der Waals surface area contributed by atoms with E-state index in [2.05, 4.69) is 5.32 Å². The maximum atomic E-state index is 11.7. The number of nitrogens with zero attached hydrogens (tertiary/aromatic N) is 1. The Labute approximate surface area is 97.4 Å². The van der Waals surface area contributed by atoms with E-state index in [4.69, 9.17) is 0 Å². The average molecular weight is 226 g/mol. The summed E-state index contributed by atoms with van der Waals surface area (Å²) in [5.41, 5.74) is 0. The molecule has 0 atom stereocenters. The van der Waals surface area contributed by atoms with Crippen LogP contribution in [0.25, 0.3) is 0 Å². The molecular weight excluding hydrogens is 204 g/mol. The molecule has 0 aliphatic carbocycles. The van der Waals surface area contributed by atoms with Crippen LogP contribution in [-0.4, -0.2) is 35.8 Å². The van der Waals surface area contributed by atoms with Crippen molar-refractivity contribution < 1.29 is 9.59 Å². The first-order valence-electron chi connectivity index (χ1n) is 6.12. The standard InChI is InChI=1S/C12H22N2O2/c1-4-11(15)13-10-5-7-14(8-6-10)12(16)9(2)3/h9-10H,4-8H2,1-3H3,(H,13,15). The van der Waals surface area contributed by atoms with Gasteiger partial charge >= 0.3 is 0 Å². The smallest absolute Gasteiger partial charge is 0.225 e. The summed E-state index contributed by atoms with van der Waals surface area (Å²) in [5.74, 6) is 0.399. The quantitative estimate of drug-likeness (QED) is 0.785. The lowest BCUT2D eigenvalue weighted by Crippen LogP contribution is -2.47. The maximum Gasteiger partial charge on any atom is 0.225 e. The minimum Gasteiger partial charge on any atom is -0.353 e. The van der Waals surface area contributed by atoms with Gasteiger partial charge in [-0.1, -0.05) is 20.8 Å². The summed E-state index contributed by atoms with van der Waals surface area (Å²) in [4.78, 5) is 24.8. The molecule has 0 spiro atoms. The lowest BCUT2D eigenvalue weighted by Gasteiger charge is -2.33. The molecule has 1 aliphatic heterocycles. The molecule has 1 aliphatic rings. The van der Waals surface area contributed by atoms with Gasteiger partial charge in [-0.2, -0.15) is 0 Å². The summed E-state index contributed by atoms with van der Waals surface area (Å²) in [6, 6.07) is 0.253. The second-order valence-electron chi connectivity index (χ2n) is 4.68. The fourth-order valence-corrected chi connectivity index (χ4v) is 1.94. The highest BCUT2D eigenvalue weighted by atomic mass is 16.2. The monoisotopic (exact) mass is 226 g/mol. The van der Waals surface area contributed by atoms with Crippen molar-refractivity contribution in [3.8, 4) is 0 Å². The Morgan fingerprint density at radius 1 is 1.31 bits per heavy atom. The van der Waals surface area contributed by atoms with Crippen molar-refractivity contribution in [1.29, 1.82) is 0 Å². The summed E-state index contributed by atoms with van der Waals surface area (Å²) in [6.45, 7) is 7.24. The summed E-state index contributed by atoms with van der Waals surface area (Å²) >= 11 is 0. The van der Waals surface area contributed by atoms with Crippen molar-refractivity contribution in [2.45, 2.75) is 46.1 Å². The topological polar surface area (TPSA) is 49.4 Å². The van der Waals surface area contributed by atoms with Crippen LogP contribution in [0.2, 0.25) is 0 Å². The Hall–Kier alpha value is -1.06.